The van der Waals surface area contributed by atoms with E-state index in [0.717, 1.165) is 13.5 Å². The van der Waals surface area contributed by atoms with Crippen LogP contribution in [0.3, 0.4) is 0 Å². The molecule has 64 valence electrons. The van der Waals surface area contributed by atoms with Gasteiger partial charge < -0.3 is 9.84 Å². The van der Waals surface area contributed by atoms with Crippen molar-refractivity contribution >= 4 is 0 Å². The van der Waals surface area contributed by atoms with Gasteiger partial charge in [0.25, 0.3) is 0 Å². The largest absolute Gasteiger partial charge is 1.00 e. The Bertz CT molecular complexity index is 45.4. The van der Waals surface area contributed by atoms with Crippen molar-refractivity contribution in [1.29, 1.82) is 0 Å². The Morgan fingerprint density at radius 3 is 1.91 bits per heavy atom. The third-order valence-corrected chi connectivity index (χ3v) is 1.02. The minimum atomic E-state index is 0. The van der Waals surface area contributed by atoms with Gasteiger partial charge in [0.2, 0.25) is 0 Å². The van der Waals surface area contributed by atoms with Crippen molar-refractivity contribution in [3.8, 4) is 0 Å². The van der Waals surface area contributed by atoms with Crippen LogP contribution in [0.4, 0.5) is 0 Å². The zero-order valence-corrected chi connectivity index (χ0v) is 11.5. The summed E-state index contributed by atoms with van der Waals surface area (Å²) in [5.41, 5.74) is 0. The van der Waals surface area contributed by atoms with Crippen molar-refractivity contribution in [2.75, 3.05) is 7.11 Å². The second-order valence-corrected chi connectivity index (χ2v) is 1.69. The summed E-state index contributed by atoms with van der Waals surface area (Å²) in [6.45, 7) is 7.97. The van der Waals surface area contributed by atoms with E-state index in [1.807, 2.05) is 20.5 Å². The summed E-state index contributed by atoms with van der Waals surface area (Å²) in [7, 11) is 1.00. The van der Waals surface area contributed by atoms with E-state index < -0.39 is 0 Å². The summed E-state index contributed by atoms with van der Waals surface area (Å²) in [6, 6.07) is 0. The normalized spacial score (nSPS) is 19.9. The predicted octanol–water partition coefficient (Wildman–Crippen LogP) is -1.01. The molecule has 0 saturated carbocycles. The number of hydrogen-bond acceptors (Lipinski definition) is 2. The fraction of sp³-hybridized carbons (Fsp3) is 0.875. The van der Waals surface area contributed by atoms with Crippen molar-refractivity contribution in [1.82, 2.24) is 0 Å². The van der Waals surface area contributed by atoms with Crippen molar-refractivity contribution in [2.24, 2.45) is 0 Å². The van der Waals surface area contributed by atoms with E-state index in [1.165, 1.54) is 6.42 Å². The SMILES string of the molecule is CC.CC1CC[CH-]O1.CO.[K+]. The second kappa shape index (κ2) is 17.6. The molecule has 1 atom stereocenters. The number of hydrogen-bond donors (Lipinski definition) is 1. The molecule has 1 aliphatic rings. The van der Waals surface area contributed by atoms with E-state index >= 15 is 0 Å². The zero-order valence-electron chi connectivity index (χ0n) is 8.42. The fourth-order valence-electron chi connectivity index (χ4n) is 0.603. The van der Waals surface area contributed by atoms with Gasteiger partial charge in [-0.1, -0.05) is 20.3 Å². The Labute approximate surface area is 113 Å². The van der Waals surface area contributed by atoms with Gasteiger partial charge in [-0.3, -0.25) is 0 Å². The molecule has 0 aromatic rings. The predicted molar refractivity (Wildman–Crippen MR) is 43.6 cm³/mol. The summed E-state index contributed by atoms with van der Waals surface area (Å²) in [5.74, 6) is 0. The topological polar surface area (TPSA) is 29.5 Å². The van der Waals surface area contributed by atoms with Crippen LogP contribution in [0.5, 0.6) is 0 Å². The van der Waals surface area contributed by atoms with Crippen LogP contribution in [0, 0.1) is 6.61 Å². The summed E-state index contributed by atoms with van der Waals surface area (Å²) in [6.07, 6.45) is 2.84. The number of ether oxygens (including phenoxy) is 1. The summed E-state index contributed by atoms with van der Waals surface area (Å²) in [4.78, 5) is 0. The molecule has 1 aliphatic heterocycles. The van der Waals surface area contributed by atoms with Crippen LogP contribution in [0.25, 0.3) is 0 Å². The maximum Gasteiger partial charge on any atom is 1.00 e. The first-order valence-corrected chi connectivity index (χ1v) is 3.81. The first kappa shape index (κ1) is 18.4. The molecule has 0 bridgehead atoms. The molecule has 3 heteroatoms. The molecule has 0 aromatic carbocycles. The summed E-state index contributed by atoms with van der Waals surface area (Å²) >= 11 is 0. The van der Waals surface area contributed by atoms with Crippen LogP contribution < -0.4 is 51.4 Å². The molecule has 1 heterocycles. The van der Waals surface area contributed by atoms with Gasteiger partial charge in [0.1, 0.15) is 0 Å². The molecular weight excluding hydrogens is 167 g/mol. The van der Waals surface area contributed by atoms with Crippen LogP contribution in [0.15, 0.2) is 0 Å². The fourth-order valence-corrected chi connectivity index (χ4v) is 0.603. The van der Waals surface area contributed by atoms with Crippen LogP contribution in [0.2, 0.25) is 0 Å². The quantitative estimate of drug-likeness (QED) is 0.388. The molecule has 0 radical (unpaired) electrons. The Morgan fingerprint density at radius 2 is 1.82 bits per heavy atom. The zero-order chi connectivity index (χ0) is 8.41. The average molecular weight is 186 g/mol. The van der Waals surface area contributed by atoms with E-state index in [4.69, 9.17) is 9.84 Å². The molecule has 0 aromatic heterocycles. The molecule has 1 rings (SSSR count). The van der Waals surface area contributed by atoms with Gasteiger partial charge in [-0.05, 0) is 6.92 Å². The van der Waals surface area contributed by atoms with E-state index in [-0.39, 0.29) is 51.4 Å². The summed E-state index contributed by atoms with van der Waals surface area (Å²) in [5, 5.41) is 7.00. The van der Waals surface area contributed by atoms with Crippen molar-refractivity contribution in [2.45, 2.75) is 39.7 Å². The van der Waals surface area contributed by atoms with Gasteiger partial charge in [0.15, 0.2) is 0 Å². The molecule has 1 N–H and O–H groups in total. The minimum Gasteiger partial charge on any atom is -0.550 e. The van der Waals surface area contributed by atoms with Gasteiger partial charge in [-0.2, -0.15) is 6.42 Å². The van der Waals surface area contributed by atoms with Crippen molar-refractivity contribution < 1.29 is 61.2 Å². The molecule has 2 nitrogen and oxygen atoms in total. The van der Waals surface area contributed by atoms with E-state index in [0.29, 0.717) is 6.10 Å². The number of aliphatic hydroxyl groups excluding tert-OH is 1. The smallest absolute Gasteiger partial charge is 0.550 e. The van der Waals surface area contributed by atoms with Gasteiger partial charge in [-0.15, -0.1) is 0 Å². The third-order valence-electron chi connectivity index (χ3n) is 1.02. The molecule has 1 saturated heterocycles. The maximum absolute atomic E-state index is 7.00. The third kappa shape index (κ3) is 14.4. The van der Waals surface area contributed by atoms with Crippen LogP contribution in [-0.2, 0) is 4.74 Å². The van der Waals surface area contributed by atoms with Crippen LogP contribution in [0.1, 0.15) is 33.6 Å². The molecule has 11 heavy (non-hydrogen) atoms. The van der Waals surface area contributed by atoms with Crippen molar-refractivity contribution in [3.63, 3.8) is 0 Å². The van der Waals surface area contributed by atoms with Crippen molar-refractivity contribution in [3.05, 3.63) is 6.61 Å². The molecular formula is C8H19KO2. The van der Waals surface area contributed by atoms with E-state index in [9.17, 15) is 0 Å². The van der Waals surface area contributed by atoms with Gasteiger partial charge in [0, 0.05) is 13.2 Å². The van der Waals surface area contributed by atoms with Gasteiger partial charge in [-0.25, -0.2) is 6.61 Å². The molecule has 1 unspecified atom stereocenters. The Morgan fingerprint density at radius 1 is 1.36 bits per heavy atom. The standard InChI is InChI=1S/C5H9O.C2H6.CH4O.K/c1-5-3-2-4-6-5;2*1-2;/h4-5H,2-3H2,1H3;1-2H3;2H,1H3;/q-1;;;+1. The average Bonchev–Trinajstić information content (AvgIpc) is 2.48. The van der Waals surface area contributed by atoms with Crippen LogP contribution in [-0.4, -0.2) is 18.3 Å². The number of rotatable bonds is 0. The molecule has 0 aliphatic carbocycles. The van der Waals surface area contributed by atoms with E-state index in [2.05, 4.69) is 6.92 Å². The molecule has 0 spiro atoms. The monoisotopic (exact) mass is 186 g/mol. The van der Waals surface area contributed by atoms with Gasteiger partial charge in [0.05, 0.1) is 0 Å². The first-order valence-electron chi connectivity index (χ1n) is 3.81. The number of aliphatic hydroxyl groups is 1. The van der Waals surface area contributed by atoms with Crippen LogP contribution >= 0.6 is 0 Å². The minimum absolute atomic E-state index is 0. The summed E-state index contributed by atoms with van der Waals surface area (Å²) < 4.78 is 5.03. The Hall–Kier alpha value is 1.56. The Kier molecular flexibility index (Phi) is 29.4. The van der Waals surface area contributed by atoms with Gasteiger partial charge >= 0.3 is 51.4 Å². The second-order valence-electron chi connectivity index (χ2n) is 1.69. The first-order chi connectivity index (χ1) is 4.89. The molecule has 1 fully saturated rings. The molecule has 0 amide bonds. The van der Waals surface area contributed by atoms with E-state index in [1.54, 1.807) is 0 Å². The Balaban J connectivity index is -0.000000114. The maximum atomic E-state index is 7.00.